The summed E-state index contributed by atoms with van der Waals surface area (Å²) in [6.45, 7) is 3.12. The number of aliphatic hydroxyl groups excluding tert-OH is 1. The van der Waals surface area contributed by atoms with Crippen molar-refractivity contribution in [2.45, 2.75) is 64.5 Å². The SMILES string of the molecule is CCCCCCCC[C@H](O)C(=O)O.CNCc1ccccc1. The molecule has 0 aromatic heterocycles. The van der Waals surface area contributed by atoms with Crippen molar-refractivity contribution in [3.63, 3.8) is 0 Å². The molecule has 22 heavy (non-hydrogen) atoms. The van der Waals surface area contributed by atoms with E-state index in [2.05, 4.69) is 24.4 Å². The third kappa shape index (κ3) is 12.4. The molecule has 0 saturated carbocycles. The lowest BCUT2D eigenvalue weighted by molar-refractivity contribution is -0.146. The van der Waals surface area contributed by atoms with Crippen LogP contribution in [0.25, 0.3) is 0 Å². The van der Waals surface area contributed by atoms with Gasteiger partial charge in [-0.3, -0.25) is 0 Å². The summed E-state index contributed by atoms with van der Waals surface area (Å²) < 4.78 is 0. The zero-order valence-corrected chi connectivity index (χ0v) is 13.9. The van der Waals surface area contributed by atoms with Crippen molar-refractivity contribution in [1.82, 2.24) is 5.32 Å². The van der Waals surface area contributed by atoms with E-state index < -0.39 is 12.1 Å². The van der Waals surface area contributed by atoms with E-state index in [-0.39, 0.29) is 0 Å². The summed E-state index contributed by atoms with van der Waals surface area (Å²) in [5.74, 6) is -1.10. The van der Waals surface area contributed by atoms with Crippen LogP contribution < -0.4 is 5.32 Å². The highest BCUT2D eigenvalue weighted by Gasteiger charge is 2.11. The molecular formula is C18H31NO3. The van der Waals surface area contributed by atoms with Crippen LogP contribution in [0.5, 0.6) is 0 Å². The van der Waals surface area contributed by atoms with Gasteiger partial charge in [-0.15, -0.1) is 0 Å². The second kappa shape index (κ2) is 14.5. The molecule has 0 aliphatic heterocycles. The van der Waals surface area contributed by atoms with E-state index >= 15 is 0 Å². The summed E-state index contributed by atoms with van der Waals surface area (Å²) in [6.07, 6.45) is 5.92. The molecule has 1 atom stereocenters. The van der Waals surface area contributed by atoms with Crippen LogP contribution in [0.1, 0.15) is 57.4 Å². The van der Waals surface area contributed by atoms with Gasteiger partial charge in [-0.25, -0.2) is 4.79 Å². The van der Waals surface area contributed by atoms with E-state index in [0.29, 0.717) is 6.42 Å². The Kier molecular flexibility index (Phi) is 13.6. The number of rotatable bonds is 10. The number of aliphatic hydroxyl groups is 1. The smallest absolute Gasteiger partial charge is 0.332 e. The Morgan fingerprint density at radius 3 is 2.23 bits per heavy atom. The van der Waals surface area contributed by atoms with Gasteiger partial charge in [0, 0.05) is 6.54 Å². The summed E-state index contributed by atoms with van der Waals surface area (Å²) in [7, 11) is 1.95. The first kappa shape index (κ1) is 20.6. The second-order valence-corrected chi connectivity index (χ2v) is 5.43. The lowest BCUT2D eigenvalue weighted by atomic mass is 10.1. The standard InChI is InChI=1S/C10H20O3.C8H11N/c1-2-3-4-5-6-7-8-9(11)10(12)13;1-9-7-8-5-3-2-4-6-8/h9,11H,2-8H2,1H3,(H,12,13);2-6,9H,7H2,1H3/t9-;/m0./s1. The predicted octanol–water partition coefficient (Wildman–Crippen LogP) is 3.59. The number of unbranched alkanes of at least 4 members (excludes halogenated alkanes) is 5. The molecule has 0 aliphatic carbocycles. The minimum Gasteiger partial charge on any atom is -0.479 e. The normalized spacial score (nSPS) is 11.4. The highest BCUT2D eigenvalue weighted by Crippen LogP contribution is 2.08. The van der Waals surface area contributed by atoms with E-state index in [0.717, 1.165) is 25.8 Å². The van der Waals surface area contributed by atoms with Crippen molar-refractivity contribution >= 4 is 5.97 Å². The average Bonchev–Trinajstić information content (AvgIpc) is 2.52. The Labute approximate surface area is 134 Å². The number of benzene rings is 1. The molecule has 0 fully saturated rings. The molecule has 126 valence electrons. The van der Waals surface area contributed by atoms with Crippen molar-refractivity contribution in [2.75, 3.05) is 7.05 Å². The number of nitrogens with one attached hydrogen (secondary N) is 1. The van der Waals surface area contributed by atoms with Crippen LogP contribution in [0.4, 0.5) is 0 Å². The zero-order valence-electron chi connectivity index (χ0n) is 13.9. The van der Waals surface area contributed by atoms with Gasteiger partial charge in [0.25, 0.3) is 0 Å². The predicted molar refractivity (Wildman–Crippen MR) is 90.8 cm³/mol. The molecule has 3 N–H and O–H groups in total. The Balaban J connectivity index is 0.000000425. The number of hydrogen-bond donors (Lipinski definition) is 3. The van der Waals surface area contributed by atoms with E-state index in [9.17, 15) is 4.79 Å². The number of hydrogen-bond acceptors (Lipinski definition) is 3. The van der Waals surface area contributed by atoms with E-state index in [4.69, 9.17) is 10.2 Å². The van der Waals surface area contributed by atoms with Gasteiger partial charge in [-0.05, 0) is 19.0 Å². The summed E-state index contributed by atoms with van der Waals surface area (Å²) >= 11 is 0. The maximum Gasteiger partial charge on any atom is 0.332 e. The minimum absolute atomic E-state index is 0.390. The highest BCUT2D eigenvalue weighted by molar-refractivity contribution is 5.71. The van der Waals surface area contributed by atoms with Gasteiger partial charge < -0.3 is 15.5 Å². The van der Waals surface area contributed by atoms with Gasteiger partial charge in [0.15, 0.2) is 6.10 Å². The van der Waals surface area contributed by atoms with Crippen LogP contribution in [0.15, 0.2) is 30.3 Å². The van der Waals surface area contributed by atoms with Crippen LogP contribution in [0, 0.1) is 0 Å². The number of carboxylic acids is 1. The largest absolute Gasteiger partial charge is 0.479 e. The topological polar surface area (TPSA) is 69.6 Å². The Morgan fingerprint density at radius 2 is 1.68 bits per heavy atom. The molecule has 1 rings (SSSR count). The number of carbonyl (C=O) groups is 1. The first-order valence-corrected chi connectivity index (χ1v) is 8.21. The van der Waals surface area contributed by atoms with Crippen molar-refractivity contribution in [1.29, 1.82) is 0 Å². The summed E-state index contributed by atoms with van der Waals surface area (Å²) in [4.78, 5) is 10.2. The van der Waals surface area contributed by atoms with Gasteiger partial charge in [0.05, 0.1) is 0 Å². The fraction of sp³-hybridized carbons (Fsp3) is 0.611. The molecule has 4 heteroatoms. The van der Waals surface area contributed by atoms with Gasteiger partial charge in [0.1, 0.15) is 0 Å². The molecule has 0 radical (unpaired) electrons. The van der Waals surface area contributed by atoms with Crippen LogP contribution in [-0.4, -0.2) is 29.3 Å². The molecule has 1 aromatic carbocycles. The highest BCUT2D eigenvalue weighted by atomic mass is 16.4. The molecule has 0 amide bonds. The number of carboxylic acid groups (broad SMARTS) is 1. The zero-order chi connectivity index (χ0) is 16.6. The third-order valence-electron chi connectivity index (χ3n) is 3.34. The number of aliphatic carboxylic acids is 1. The summed E-state index contributed by atoms with van der Waals surface area (Å²) in [5, 5.41) is 20.4. The maximum absolute atomic E-state index is 10.2. The van der Waals surface area contributed by atoms with Crippen LogP contribution >= 0.6 is 0 Å². The van der Waals surface area contributed by atoms with Crippen molar-refractivity contribution in [3.05, 3.63) is 35.9 Å². The molecule has 0 saturated heterocycles. The fourth-order valence-corrected chi connectivity index (χ4v) is 2.04. The molecule has 1 aromatic rings. The molecule has 0 bridgehead atoms. The Bertz CT molecular complexity index is 368. The average molecular weight is 309 g/mol. The fourth-order valence-electron chi connectivity index (χ4n) is 2.04. The maximum atomic E-state index is 10.2. The molecule has 0 heterocycles. The quantitative estimate of drug-likeness (QED) is 0.578. The monoisotopic (exact) mass is 309 g/mol. The Hall–Kier alpha value is -1.39. The van der Waals surface area contributed by atoms with E-state index in [1.165, 1.54) is 24.8 Å². The molecule has 0 aliphatic rings. The van der Waals surface area contributed by atoms with Crippen molar-refractivity contribution in [3.8, 4) is 0 Å². The van der Waals surface area contributed by atoms with Gasteiger partial charge in [-0.1, -0.05) is 75.8 Å². The first-order valence-electron chi connectivity index (χ1n) is 8.21. The van der Waals surface area contributed by atoms with E-state index in [1.54, 1.807) is 0 Å². The van der Waals surface area contributed by atoms with Gasteiger partial charge >= 0.3 is 5.97 Å². The molecule has 0 unspecified atom stereocenters. The van der Waals surface area contributed by atoms with Crippen molar-refractivity contribution < 1.29 is 15.0 Å². The van der Waals surface area contributed by atoms with Crippen LogP contribution in [0.3, 0.4) is 0 Å². The summed E-state index contributed by atoms with van der Waals surface area (Å²) in [5.41, 5.74) is 1.33. The molecule has 0 spiro atoms. The van der Waals surface area contributed by atoms with Gasteiger partial charge in [-0.2, -0.15) is 0 Å². The first-order chi connectivity index (χ1) is 10.6. The third-order valence-corrected chi connectivity index (χ3v) is 3.34. The van der Waals surface area contributed by atoms with Crippen LogP contribution in [-0.2, 0) is 11.3 Å². The lowest BCUT2D eigenvalue weighted by Gasteiger charge is -2.04. The second-order valence-electron chi connectivity index (χ2n) is 5.43. The molecular weight excluding hydrogens is 278 g/mol. The minimum atomic E-state index is -1.16. The van der Waals surface area contributed by atoms with Crippen molar-refractivity contribution in [2.24, 2.45) is 0 Å². The van der Waals surface area contributed by atoms with E-state index in [1.807, 2.05) is 25.2 Å². The Morgan fingerprint density at radius 1 is 1.09 bits per heavy atom. The lowest BCUT2D eigenvalue weighted by Crippen LogP contribution is -2.18. The molecule has 4 nitrogen and oxygen atoms in total. The van der Waals surface area contributed by atoms with Gasteiger partial charge in [0.2, 0.25) is 0 Å². The summed E-state index contributed by atoms with van der Waals surface area (Å²) in [6, 6.07) is 10.3. The van der Waals surface area contributed by atoms with Crippen LogP contribution in [0.2, 0.25) is 0 Å².